The molecule has 0 saturated carbocycles. The smallest absolute Gasteiger partial charge is 0.310 e. The summed E-state index contributed by atoms with van der Waals surface area (Å²) in [4.78, 5) is 12.1. The summed E-state index contributed by atoms with van der Waals surface area (Å²) in [5.74, 6) is 1.29. The van der Waals surface area contributed by atoms with Gasteiger partial charge in [0.05, 0.1) is 18.8 Å². The average Bonchev–Trinajstić information content (AvgIpc) is 2.78. The van der Waals surface area contributed by atoms with E-state index in [1.807, 2.05) is 69.3 Å². The molecule has 0 atom stereocenters. The topological polar surface area (TPSA) is 81.8 Å². The number of rotatable bonds is 10. The van der Waals surface area contributed by atoms with Crippen molar-refractivity contribution in [2.24, 2.45) is 5.73 Å². The lowest BCUT2D eigenvalue weighted by Crippen LogP contribution is -2.10. The molecule has 3 N–H and O–H groups in total. The summed E-state index contributed by atoms with van der Waals surface area (Å²) in [5.41, 5.74) is 10.1. The van der Waals surface area contributed by atoms with Gasteiger partial charge in [-0.25, -0.2) is 0 Å². The van der Waals surface area contributed by atoms with Crippen LogP contribution in [0.2, 0.25) is 0 Å². The van der Waals surface area contributed by atoms with E-state index < -0.39 is 0 Å². The minimum atomic E-state index is -0.286. The molecule has 0 unspecified atom stereocenters. The summed E-state index contributed by atoms with van der Waals surface area (Å²) in [6.07, 6.45) is 3.12. The zero-order valence-electron chi connectivity index (χ0n) is 18.9. The van der Waals surface area contributed by atoms with Crippen LogP contribution in [-0.4, -0.2) is 17.7 Å². The van der Waals surface area contributed by atoms with Crippen molar-refractivity contribution in [2.75, 3.05) is 6.61 Å². The van der Waals surface area contributed by atoms with Crippen molar-refractivity contribution in [1.82, 2.24) is 0 Å². The second-order valence-electron chi connectivity index (χ2n) is 7.22. The number of benzene rings is 2. The van der Waals surface area contributed by atoms with E-state index in [2.05, 4.69) is 0 Å². The molecule has 0 aliphatic rings. The Morgan fingerprint density at radius 2 is 1.84 bits per heavy atom. The lowest BCUT2D eigenvalue weighted by Gasteiger charge is -2.16. The molecule has 0 radical (unpaired) electrons. The molecule has 0 heterocycles. The number of ether oxygens (including phenoxy) is 2. The molecule has 2 rings (SSSR count). The molecule has 0 amide bonds. The lowest BCUT2D eigenvalue weighted by atomic mass is 9.99. The van der Waals surface area contributed by atoms with Crippen molar-refractivity contribution in [2.45, 2.75) is 53.5 Å². The lowest BCUT2D eigenvalue weighted by molar-refractivity contribution is -0.142. The SMILES string of the molecule is CCOC(=O)Cc1c(C)cccc1O/C(=C/C(=C(/O)CC)c1cccc(CN)c1)CC. The Bertz CT molecular complexity index is 960. The summed E-state index contributed by atoms with van der Waals surface area (Å²) < 4.78 is 11.4. The molecular formula is C26H33NO4. The van der Waals surface area contributed by atoms with Crippen molar-refractivity contribution in [3.63, 3.8) is 0 Å². The summed E-state index contributed by atoms with van der Waals surface area (Å²) in [6.45, 7) is 8.40. The molecule has 0 spiro atoms. The average molecular weight is 424 g/mol. The van der Waals surface area contributed by atoms with Gasteiger partial charge in [0.25, 0.3) is 0 Å². The van der Waals surface area contributed by atoms with Gasteiger partial charge < -0.3 is 20.3 Å². The maximum atomic E-state index is 12.1. The highest BCUT2D eigenvalue weighted by molar-refractivity contribution is 5.76. The molecule has 0 saturated heterocycles. The number of allylic oxidation sites excluding steroid dienone is 4. The molecule has 5 nitrogen and oxygen atoms in total. The van der Waals surface area contributed by atoms with Crippen molar-refractivity contribution in [3.05, 3.63) is 82.3 Å². The van der Waals surface area contributed by atoms with Crippen LogP contribution >= 0.6 is 0 Å². The Balaban J connectivity index is 2.44. The van der Waals surface area contributed by atoms with E-state index in [1.165, 1.54) is 0 Å². The van der Waals surface area contributed by atoms with E-state index in [1.54, 1.807) is 6.92 Å². The Labute approximate surface area is 185 Å². The van der Waals surface area contributed by atoms with E-state index in [-0.39, 0.29) is 18.1 Å². The molecule has 0 fully saturated rings. The minimum Gasteiger partial charge on any atom is -0.512 e. The number of hydrogen-bond donors (Lipinski definition) is 2. The molecule has 31 heavy (non-hydrogen) atoms. The third kappa shape index (κ3) is 6.72. The Morgan fingerprint density at radius 3 is 2.48 bits per heavy atom. The Kier molecular flexibility index (Phi) is 9.35. The number of aryl methyl sites for hydroxylation is 1. The van der Waals surface area contributed by atoms with E-state index in [0.29, 0.717) is 43.1 Å². The third-order valence-electron chi connectivity index (χ3n) is 5.01. The van der Waals surface area contributed by atoms with Crippen LogP contribution in [0.25, 0.3) is 5.57 Å². The van der Waals surface area contributed by atoms with Crippen LogP contribution in [0.4, 0.5) is 0 Å². The number of hydrogen-bond acceptors (Lipinski definition) is 5. The largest absolute Gasteiger partial charge is 0.512 e. The standard InChI is InChI=1S/C26H33NO4/c1-5-21(15-23(24(28)6-2)20-12-9-11-19(14-20)17-27)31-25-13-8-10-18(4)22(25)16-26(29)30-7-3/h8-15,28H,5-7,16-17,27H2,1-4H3/b21-15+,24-23-. The monoisotopic (exact) mass is 423 g/mol. The molecule has 0 aliphatic carbocycles. The van der Waals surface area contributed by atoms with Crippen LogP contribution in [0.1, 0.15) is 55.9 Å². The van der Waals surface area contributed by atoms with E-state index >= 15 is 0 Å². The van der Waals surface area contributed by atoms with E-state index in [9.17, 15) is 9.90 Å². The molecule has 166 valence electrons. The third-order valence-corrected chi connectivity index (χ3v) is 5.01. The first kappa shape index (κ1) is 24.2. The van der Waals surface area contributed by atoms with Crippen LogP contribution in [0.15, 0.2) is 60.1 Å². The zero-order chi connectivity index (χ0) is 22.8. The van der Waals surface area contributed by atoms with Crippen LogP contribution in [0.5, 0.6) is 5.75 Å². The van der Waals surface area contributed by atoms with Gasteiger partial charge in [0.15, 0.2) is 0 Å². The van der Waals surface area contributed by atoms with Crippen LogP contribution in [0.3, 0.4) is 0 Å². The minimum absolute atomic E-state index is 0.147. The second-order valence-corrected chi connectivity index (χ2v) is 7.22. The maximum absolute atomic E-state index is 12.1. The molecule has 0 aromatic heterocycles. The summed E-state index contributed by atoms with van der Waals surface area (Å²) in [7, 11) is 0. The first-order valence-electron chi connectivity index (χ1n) is 10.8. The quantitative estimate of drug-likeness (QED) is 0.295. The number of aliphatic hydroxyl groups excluding tert-OH is 1. The van der Waals surface area contributed by atoms with Gasteiger partial charge in [0.2, 0.25) is 0 Å². The number of carbonyl (C=O) groups is 1. The van der Waals surface area contributed by atoms with Gasteiger partial charge in [0, 0.05) is 30.5 Å². The first-order valence-corrected chi connectivity index (χ1v) is 10.8. The van der Waals surface area contributed by atoms with Gasteiger partial charge in [0.1, 0.15) is 11.5 Å². The fourth-order valence-corrected chi connectivity index (χ4v) is 3.25. The maximum Gasteiger partial charge on any atom is 0.310 e. The van der Waals surface area contributed by atoms with Crippen LogP contribution in [0, 0.1) is 6.92 Å². The van der Waals surface area contributed by atoms with Gasteiger partial charge >= 0.3 is 5.97 Å². The normalized spacial score (nSPS) is 12.4. The van der Waals surface area contributed by atoms with Gasteiger partial charge in [-0.2, -0.15) is 0 Å². The molecule has 2 aromatic carbocycles. The van der Waals surface area contributed by atoms with Crippen LogP contribution in [-0.2, 0) is 22.5 Å². The predicted molar refractivity (Wildman–Crippen MR) is 125 cm³/mol. The van der Waals surface area contributed by atoms with Crippen molar-refractivity contribution < 1.29 is 19.4 Å². The number of aliphatic hydroxyl groups is 1. The number of carbonyl (C=O) groups excluding carboxylic acids is 1. The fraction of sp³-hybridized carbons (Fsp3) is 0.346. The summed E-state index contributed by atoms with van der Waals surface area (Å²) in [5, 5.41) is 10.6. The summed E-state index contributed by atoms with van der Waals surface area (Å²) in [6, 6.07) is 13.5. The van der Waals surface area contributed by atoms with E-state index in [4.69, 9.17) is 15.2 Å². The van der Waals surface area contributed by atoms with Gasteiger partial charge in [-0.1, -0.05) is 44.2 Å². The number of esters is 1. The number of nitrogens with two attached hydrogens (primary N) is 1. The van der Waals surface area contributed by atoms with Gasteiger partial charge in [-0.3, -0.25) is 4.79 Å². The first-order chi connectivity index (χ1) is 14.9. The van der Waals surface area contributed by atoms with Crippen LogP contribution < -0.4 is 10.5 Å². The highest BCUT2D eigenvalue weighted by atomic mass is 16.5. The molecule has 0 bridgehead atoms. The Morgan fingerprint density at radius 1 is 1.10 bits per heavy atom. The molecule has 2 aromatic rings. The summed E-state index contributed by atoms with van der Waals surface area (Å²) >= 11 is 0. The van der Waals surface area contributed by atoms with Crippen molar-refractivity contribution in [3.8, 4) is 5.75 Å². The van der Waals surface area contributed by atoms with E-state index in [0.717, 1.165) is 22.3 Å². The van der Waals surface area contributed by atoms with Gasteiger partial charge in [-0.15, -0.1) is 0 Å². The van der Waals surface area contributed by atoms with Crippen molar-refractivity contribution >= 4 is 11.5 Å². The zero-order valence-corrected chi connectivity index (χ0v) is 18.9. The highest BCUT2D eigenvalue weighted by Gasteiger charge is 2.15. The predicted octanol–water partition coefficient (Wildman–Crippen LogP) is 5.61. The van der Waals surface area contributed by atoms with Crippen molar-refractivity contribution in [1.29, 1.82) is 0 Å². The molecule has 5 heteroatoms. The van der Waals surface area contributed by atoms with Gasteiger partial charge in [-0.05, 0) is 48.7 Å². The second kappa shape index (κ2) is 12.0. The fourth-order valence-electron chi connectivity index (χ4n) is 3.25. The highest BCUT2D eigenvalue weighted by Crippen LogP contribution is 2.29. The molecular weight excluding hydrogens is 390 g/mol. The molecule has 0 aliphatic heterocycles. The Hall–Kier alpha value is -3.05.